The number of rotatable bonds is 2. The molecule has 138 valence electrons. The Kier molecular flexibility index (Phi) is 6.09. The topological polar surface area (TPSA) is 25.5 Å². The van der Waals surface area contributed by atoms with Crippen molar-refractivity contribution < 1.29 is 60.8 Å². The average molecular weight is 462 g/mol. The van der Waals surface area contributed by atoms with E-state index in [4.69, 9.17) is 9.41 Å². The van der Waals surface area contributed by atoms with E-state index in [9.17, 15) is 0 Å². The SMILES string of the molecule is C1=C[CH]([Ti+2][C]2=CC=C3N=c4ccccc4=C32)c2c1oc1ccccc21.[Cl-].[Cl-].[Cl-]. The number of para-hydroxylation sites is 2. The third kappa shape index (κ3) is 3.05. The summed E-state index contributed by atoms with van der Waals surface area (Å²) in [5, 5.41) is 3.67. The molecule has 0 saturated carbocycles. The minimum atomic E-state index is -0.377. The second-order valence-corrected chi connectivity index (χ2v) is 8.76. The van der Waals surface area contributed by atoms with Crippen molar-refractivity contribution >= 4 is 22.6 Å². The molecule has 0 spiro atoms. The van der Waals surface area contributed by atoms with E-state index in [0.29, 0.717) is 4.22 Å². The van der Waals surface area contributed by atoms with Crippen LogP contribution in [0.5, 0.6) is 0 Å². The van der Waals surface area contributed by atoms with Crippen molar-refractivity contribution in [1.29, 1.82) is 0 Å². The summed E-state index contributed by atoms with van der Waals surface area (Å²) in [5.41, 5.74) is 4.89. The van der Waals surface area contributed by atoms with E-state index in [1.165, 1.54) is 25.6 Å². The first kappa shape index (κ1) is 21.2. The van der Waals surface area contributed by atoms with Crippen molar-refractivity contribution in [3.05, 3.63) is 98.2 Å². The van der Waals surface area contributed by atoms with Gasteiger partial charge in [-0.3, -0.25) is 0 Å². The molecule has 1 aromatic heterocycles. The van der Waals surface area contributed by atoms with Crippen LogP contribution in [0, 0.1) is 0 Å². The third-order valence-electron chi connectivity index (χ3n) is 5.07. The van der Waals surface area contributed by atoms with E-state index in [2.05, 4.69) is 66.8 Å². The standard InChI is InChI=1S/C11H6N.C11H7O.3ClH.Ti/c2*1-2-6-10-8(4-1)9-5-3-7-11(9)12-10;;;;/h1-4,6-7H;1-7H;3*1H;/q;;;;;+2/p-3. The summed E-state index contributed by atoms with van der Waals surface area (Å²) >= 11 is -0.377. The van der Waals surface area contributed by atoms with Crippen LogP contribution in [0.15, 0.2) is 85.7 Å². The Labute approximate surface area is 190 Å². The van der Waals surface area contributed by atoms with Gasteiger partial charge in [0.1, 0.15) is 0 Å². The predicted octanol–water partition coefficient (Wildman–Crippen LogP) is -5.14. The maximum Gasteiger partial charge on any atom is -1.00 e. The van der Waals surface area contributed by atoms with Crippen LogP contribution in [0.25, 0.3) is 22.6 Å². The monoisotopic (exact) mass is 460 g/mol. The van der Waals surface area contributed by atoms with Crippen LogP contribution in [0.3, 0.4) is 0 Å². The molecular weight excluding hydrogens is 448 g/mol. The molecule has 6 rings (SSSR count). The summed E-state index contributed by atoms with van der Waals surface area (Å²) in [5.74, 6) is 1.04. The van der Waals surface area contributed by atoms with Crippen LogP contribution >= 0.6 is 0 Å². The Hall–Kier alpha value is -1.55. The van der Waals surface area contributed by atoms with Crippen molar-refractivity contribution in [3.8, 4) is 0 Å². The van der Waals surface area contributed by atoms with Gasteiger partial charge >= 0.3 is 154 Å². The Morgan fingerprint density at radius 1 is 0.893 bits per heavy atom. The smallest absolute Gasteiger partial charge is 1.00 e. The van der Waals surface area contributed by atoms with Gasteiger partial charge in [-0.1, -0.05) is 0 Å². The quantitative estimate of drug-likeness (QED) is 0.351. The van der Waals surface area contributed by atoms with Crippen molar-refractivity contribution in [2.75, 3.05) is 0 Å². The Bertz CT molecular complexity index is 1290. The molecule has 0 bridgehead atoms. The number of allylic oxidation sites excluding steroid dienone is 4. The molecule has 0 saturated heterocycles. The molecule has 0 N–H and O–H groups in total. The molecule has 2 nitrogen and oxygen atoms in total. The molecule has 2 aromatic carbocycles. The van der Waals surface area contributed by atoms with Crippen LogP contribution in [0.2, 0.25) is 0 Å². The third-order valence-corrected chi connectivity index (χ3v) is 7.45. The first-order valence-electron chi connectivity index (χ1n) is 8.45. The zero-order chi connectivity index (χ0) is 16.4. The fourth-order valence-electron chi connectivity index (χ4n) is 3.97. The Balaban J connectivity index is 0.000000750. The molecule has 1 unspecified atom stereocenters. The van der Waals surface area contributed by atoms with Crippen molar-refractivity contribution in [3.63, 3.8) is 0 Å². The Morgan fingerprint density at radius 2 is 1.68 bits per heavy atom. The summed E-state index contributed by atoms with van der Waals surface area (Å²) in [7, 11) is 0. The molecule has 3 aliphatic rings. The van der Waals surface area contributed by atoms with E-state index in [1.807, 2.05) is 6.07 Å². The number of nitrogens with zero attached hydrogens (tertiary/aromatic N) is 1. The molecule has 3 aromatic rings. The number of halogens is 3. The minimum absolute atomic E-state index is 0. The number of fused-ring (bicyclic) bond motifs is 5. The van der Waals surface area contributed by atoms with Gasteiger partial charge < -0.3 is 37.2 Å². The first-order chi connectivity index (χ1) is 12.4. The summed E-state index contributed by atoms with van der Waals surface area (Å²) in [6.45, 7) is 0. The first-order valence-corrected chi connectivity index (χ1v) is 10.1. The van der Waals surface area contributed by atoms with E-state index in [-0.39, 0.29) is 56.4 Å². The van der Waals surface area contributed by atoms with Gasteiger partial charge in [-0.25, -0.2) is 0 Å². The molecule has 2 aliphatic carbocycles. The molecule has 1 aliphatic heterocycles. The number of hydrogen-bond donors (Lipinski definition) is 0. The van der Waals surface area contributed by atoms with Crippen LogP contribution in [0.1, 0.15) is 15.5 Å². The molecule has 1 atom stereocenters. The molecule has 6 heteroatoms. The molecule has 28 heavy (non-hydrogen) atoms. The van der Waals surface area contributed by atoms with Crippen LogP contribution in [-0.2, 0) is 19.2 Å². The van der Waals surface area contributed by atoms with E-state index in [0.717, 1.165) is 22.4 Å². The van der Waals surface area contributed by atoms with Crippen molar-refractivity contribution in [2.24, 2.45) is 4.99 Å². The van der Waals surface area contributed by atoms with Gasteiger partial charge in [0.2, 0.25) is 0 Å². The van der Waals surface area contributed by atoms with Gasteiger partial charge in [-0.05, 0) is 0 Å². The molecule has 2 heterocycles. The van der Waals surface area contributed by atoms with E-state index >= 15 is 0 Å². The Morgan fingerprint density at radius 3 is 2.57 bits per heavy atom. The summed E-state index contributed by atoms with van der Waals surface area (Å²) < 4.78 is 8.00. The van der Waals surface area contributed by atoms with Crippen LogP contribution < -0.4 is 47.8 Å². The molecule has 0 radical (unpaired) electrons. The maximum atomic E-state index is 6.02. The van der Waals surface area contributed by atoms with Gasteiger partial charge in [0.05, 0.1) is 0 Å². The maximum absolute atomic E-state index is 6.02. The second kappa shape index (κ2) is 8.06. The van der Waals surface area contributed by atoms with Crippen molar-refractivity contribution in [1.82, 2.24) is 0 Å². The summed E-state index contributed by atoms with van der Waals surface area (Å²) in [6.07, 6.45) is 8.96. The average Bonchev–Trinajstić information content (AvgIpc) is 3.36. The van der Waals surface area contributed by atoms with Crippen LogP contribution in [-0.4, -0.2) is 0 Å². The van der Waals surface area contributed by atoms with Gasteiger partial charge in [0.15, 0.2) is 0 Å². The van der Waals surface area contributed by atoms with Crippen LogP contribution in [0.4, 0.5) is 0 Å². The zero-order valence-electron chi connectivity index (χ0n) is 14.5. The number of benzene rings is 2. The minimum Gasteiger partial charge on any atom is -1.00 e. The summed E-state index contributed by atoms with van der Waals surface area (Å²) in [6, 6.07) is 16.9. The largest absolute Gasteiger partial charge is 1.00 e. The van der Waals surface area contributed by atoms with E-state index < -0.39 is 0 Å². The molecular formula is C22H13Cl3NOTi-. The van der Waals surface area contributed by atoms with Crippen molar-refractivity contribution in [2.45, 2.75) is 4.22 Å². The molecule has 0 fully saturated rings. The van der Waals surface area contributed by atoms with Gasteiger partial charge in [-0.15, -0.1) is 0 Å². The second-order valence-electron chi connectivity index (χ2n) is 6.49. The van der Waals surface area contributed by atoms with Gasteiger partial charge in [0.25, 0.3) is 0 Å². The summed E-state index contributed by atoms with van der Waals surface area (Å²) in [4.78, 5) is 4.78. The van der Waals surface area contributed by atoms with Gasteiger partial charge in [-0.2, -0.15) is 0 Å². The normalized spacial score (nSPS) is 17.1. The zero-order valence-corrected chi connectivity index (χ0v) is 18.3. The fraction of sp³-hybridized carbons (Fsp3) is 0.0455. The predicted molar refractivity (Wildman–Crippen MR) is 94.8 cm³/mol. The van der Waals surface area contributed by atoms with E-state index in [1.54, 1.807) is 0 Å². The fourth-order valence-corrected chi connectivity index (χ4v) is 6.40. The molecule has 0 amide bonds. The van der Waals surface area contributed by atoms with Gasteiger partial charge in [0, 0.05) is 0 Å². The number of hydrogen-bond acceptors (Lipinski definition) is 2. The number of furan rings is 1.